The number of carbonyl (C=O) groups is 2. The Balaban J connectivity index is 1.85. The number of thiophene rings is 1. The number of amides is 1. The summed E-state index contributed by atoms with van der Waals surface area (Å²) in [5.41, 5.74) is 2.47. The zero-order valence-corrected chi connectivity index (χ0v) is 20.4. The van der Waals surface area contributed by atoms with E-state index in [1.54, 1.807) is 12.0 Å². The van der Waals surface area contributed by atoms with Gasteiger partial charge in [0.2, 0.25) is 5.91 Å². The van der Waals surface area contributed by atoms with Gasteiger partial charge in [0.05, 0.1) is 12.8 Å². The van der Waals surface area contributed by atoms with E-state index in [9.17, 15) is 14.7 Å². The van der Waals surface area contributed by atoms with E-state index in [0.29, 0.717) is 11.6 Å². The number of nitrogens with zero attached hydrogens (tertiary/aromatic N) is 1. The first-order chi connectivity index (χ1) is 15.8. The molecule has 1 aromatic heterocycles. The van der Waals surface area contributed by atoms with E-state index in [1.807, 2.05) is 56.3 Å². The van der Waals surface area contributed by atoms with Crippen LogP contribution in [0.2, 0.25) is 0 Å². The molecule has 0 radical (unpaired) electrons. The number of hydrogen-bond donors (Lipinski definition) is 1. The quantitative estimate of drug-likeness (QED) is 0.433. The number of aromatic carboxylic acids is 1. The molecule has 0 unspecified atom stereocenters. The molecule has 174 valence electrons. The summed E-state index contributed by atoms with van der Waals surface area (Å²) in [6.07, 6.45) is 3.82. The van der Waals surface area contributed by atoms with E-state index in [1.165, 1.54) is 11.3 Å². The standard InChI is InChI=1S/C27H31NO4S/c1-16(2)28(26(29)19-10-8-17(3)9-11-19)23-22-7-5-6-21(24(22)33-25(23)27(30)31)18-12-14-20(32-4)15-13-18/h5-7,12-17,19H,8-11H2,1-4H3,(H,30,31). The van der Waals surface area contributed by atoms with Gasteiger partial charge >= 0.3 is 5.97 Å². The molecule has 4 rings (SSSR count). The number of carboxylic acids is 1. The Kier molecular flexibility index (Phi) is 6.75. The van der Waals surface area contributed by atoms with Crippen molar-refractivity contribution in [3.63, 3.8) is 0 Å². The summed E-state index contributed by atoms with van der Waals surface area (Å²) >= 11 is 1.25. The van der Waals surface area contributed by atoms with Crippen molar-refractivity contribution in [2.75, 3.05) is 12.0 Å². The van der Waals surface area contributed by atoms with E-state index in [-0.39, 0.29) is 22.7 Å². The molecule has 0 saturated heterocycles. The van der Waals surface area contributed by atoms with Crippen LogP contribution in [0.15, 0.2) is 42.5 Å². The minimum absolute atomic E-state index is 0.0500. The lowest BCUT2D eigenvalue weighted by Crippen LogP contribution is -2.42. The van der Waals surface area contributed by atoms with E-state index < -0.39 is 5.97 Å². The van der Waals surface area contributed by atoms with Crippen molar-refractivity contribution in [2.24, 2.45) is 11.8 Å². The summed E-state index contributed by atoms with van der Waals surface area (Å²) in [7, 11) is 1.63. The van der Waals surface area contributed by atoms with Crippen LogP contribution in [-0.2, 0) is 4.79 Å². The van der Waals surface area contributed by atoms with E-state index in [2.05, 4.69) is 6.92 Å². The number of carbonyl (C=O) groups excluding carboxylic acids is 1. The van der Waals surface area contributed by atoms with Gasteiger partial charge in [-0.15, -0.1) is 11.3 Å². The first-order valence-corrected chi connectivity index (χ1v) is 12.4. The summed E-state index contributed by atoms with van der Waals surface area (Å²) in [5, 5.41) is 10.9. The van der Waals surface area contributed by atoms with Crippen molar-refractivity contribution < 1.29 is 19.4 Å². The highest BCUT2D eigenvalue weighted by Crippen LogP contribution is 2.45. The predicted octanol–water partition coefficient (Wildman–Crippen LogP) is 6.84. The van der Waals surface area contributed by atoms with Gasteiger partial charge in [-0.1, -0.05) is 37.3 Å². The first-order valence-electron chi connectivity index (χ1n) is 11.6. The molecule has 2 aromatic carbocycles. The molecular formula is C27H31NO4S. The normalized spacial score (nSPS) is 18.5. The Hall–Kier alpha value is -2.86. The number of rotatable bonds is 6. The summed E-state index contributed by atoms with van der Waals surface area (Å²) < 4.78 is 6.16. The lowest BCUT2D eigenvalue weighted by molar-refractivity contribution is -0.123. The molecule has 6 heteroatoms. The highest BCUT2D eigenvalue weighted by atomic mass is 32.1. The molecular weight excluding hydrogens is 434 g/mol. The van der Waals surface area contributed by atoms with Crippen LogP contribution in [0.1, 0.15) is 56.1 Å². The number of hydrogen-bond acceptors (Lipinski definition) is 4. The molecule has 5 nitrogen and oxygen atoms in total. The second-order valence-electron chi connectivity index (χ2n) is 9.25. The summed E-state index contributed by atoms with van der Waals surface area (Å²) in [4.78, 5) is 28.0. The van der Waals surface area contributed by atoms with Crippen LogP contribution in [0.4, 0.5) is 5.69 Å². The first kappa shape index (κ1) is 23.3. The Morgan fingerprint density at radius 1 is 1.06 bits per heavy atom. The number of methoxy groups -OCH3 is 1. The maximum Gasteiger partial charge on any atom is 0.348 e. The SMILES string of the molecule is COc1ccc(-c2cccc3c(N(C(=O)C4CCC(C)CC4)C(C)C)c(C(=O)O)sc23)cc1. The van der Waals surface area contributed by atoms with E-state index in [4.69, 9.17) is 4.74 Å². The van der Waals surface area contributed by atoms with Gasteiger partial charge in [-0.2, -0.15) is 0 Å². The van der Waals surface area contributed by atoms with Crippen LogP contribution < -0.4 is 9.64 Å². The summed E-state index contributed by atoms with van der Waals surface area (Å²) in [5.74, 6) is 0.411. The van der Waals surface area contributed by atoms with Gasteiger partial charge in [-0.05, 0) is 68.7 Å². The van der Waals surface area contributed by atoms with Gasteiger partial charge in [-0.3, -0.25) is 4.79 Å². The molecule has 0 aliphatic heterocycles. The molecule has 3 aromatic rings. The van der Waals surface area contributed by atoms with E-state index >= 15 is 0 Å². The molecule has 0 bridgehead atoms. The lowest BCUT2D eigenvalue weighted by Gasteiger charge is -2.33. The Morgan fingerprint density at radius 3 is 2.30 bits per heavy atom. The molecule has 1 N–H and O–H groups in total. The maximum atomic E-state index is 13.7. The van der Waals surface area contributed by atoms with Crippen molar-refractivity contribution in [1.29, 1.82) is 0 Å². The summed E-state index contributed by atoms with van der Waals surface area (Å²) in [6, 6.07) is 13.5. The fraction of sp³-hybridized carbons (Fsp3) is 0.407. The van der Waals surface area contributed by atoms with Crippen LogP contribution in [0.5, 0.6) is 5.75 Å². The second-order valence-corrected chi connectivity index (χ2v) is 10.3. The number of fused-ring (bicyclic) bond motifs is 1. The Labute approximate surface area is 199 Å². The highest BCUT2D eigenvalue weighted by Gasteiger charge is 2.34. The van der Waals surface area contributed by atoms with E-state index in [0.717, 1.165) is 52.6 Å². The largest absolute Gasteiger partial charge is 0.497 e. The third kappa shape index (κ3) is 4.49. The molecule has 1 fully saturated rings. The zero-order valence-electron chi connectivity index (χ0n) is 19.6. The molecule has 1 aliphatic carbocycles. The number of carboxylic acid groups (broad SMARTS) is 1. The predicted molar refractivity (Wildman–Crippen MR) is 135 cm³/mol. The number of benzene rings is 2. The van der Waals surface area contributed by atoms with Crippen molar-refractivity contribution in [3.05, 3.63) is 47.3 Å². The van der Waals surface area contributed by atoms with Crippen molar-refractivity contribution in [1.82, 2.24) is 0 Å². The van der Waals surface area contributed by atoms with Crippen LogP contribution in [-0.4, -0.2) is 30.1 Å². The Bertz CT molecular complexity index is 1160. The zero-order chi connectivity index (χ0) is 23.7. The molecule has 0 atom stereocenters. The fourth-order valence-corrected chi connectivity index (χ4v) is 5.98. The molecule has 1 amide bonds. The van der Waals surface area contributed by atoms with Gasteiger partial charge in [-0.25, -0.2) is 4.79 Å². The molecule has 1 saturated carbocycles. The minimum atomic E-state index is -0.998. The lowest BCUT2D eigenvalue weighted by atomic mass is 9.82. The maximum absolute atomic E-state index is 13.7. The topological polar surface area (TPSA) is 66.8 Å². The van der Waals surface area contributed by atoms with Gasteiger partial charge in [0.15, 0.2) is 0 Å². The van der Waals surface area contributed by atoms with Gasteiger partial charge in [0.25, 0.3) is 0 Å². The van der Waals surface area contributed by atoms with Crippen molar-refractivity contribution >= 4 is 39.0 Å². The third-order valence-corrected chi connectivity index (χ3v) is 7.86. The number of anilines is 1. The van der Waals surface area contributed by atoms with Crippen LogP contribution in [0, 0.1) is 11.8 Å². The molecule has 0 spiro atoms. The third-order valence-electron chi connectivity index (χ3n) is 6.64. The van der Waals surface area contributed by atoms with Crippen molar-refractivity contribution in [3.8, 4) is 16.9 Å². The van der Waals surface area contributed by atoms with Crippen LogP contribution in [0.25, 0.3) is 21.2 Å². The highest BCUT2D eigenvalue weighted by molar-refractivity contribution is 7.22. The number of ether oxygens (including phenoxy) is 1. The molecule has 1 aliphatic rings. The average Bonchev–Trinajstić information content (AvgIpc) is 3.19. The van der Waals surface area contributed by atoms with Crippen LogP contribution in [0.3, 0.4) is 0 Å². The van der Waals surface area contributed by atoms with Crippen LogP contribution >= 0.6 is 11.3 Å². The van der Waals surface area contributed by atoms with Gasteiger partial charge in [0.1, 0.15) is 10.6 Å². The minimum Gasteiger partial charge on any atom is -0.497 e. The summed E-state index contributed by atoms with van der Waals surface area (Å²) in [6.45, 7) is 6.16. The average molecular weight is 466 g/mol. The fourth-order valence-electron chi connectivity index (χ4n) is 4.81. The van der Waals surface area contributed by atoms with Gasteiger partial charge in [0, 0.05) is 22.0 Å². The monoisotopic (exact) mass is 465 g/mol. The van der Waals surface area contributed by atoms with Crippen molar-refractivity contribution in [2.45, 2.75) is 52.5 Å². The Morgan fingerprint density at radius 2 is 1.73 bits per heavy atom. The second kappa shape index (κ2) is 9.56. The smallest absolute Gasteiger partial charge is 0.348 e. The molecule has 1 heterocycles. The van der Waals surface area contributed by atoms with Gasteiger partial charge < -0.3 is 14.7 Å². The molecule has 33 heavy (non-hydrogen) atoms.